The molecule has 0 fully saturated rings. The van der Waals surface area contributed by atoms with Crippen molar-refractivity contribution in [3.05, 3.63) is 32.6 Å². The summed E-state index contributed by atoms with van der Waals surface area (Å²) in [7, 11) is 0. The van der Waals surface area contributed by atoms with Gasteiger partial charge in [-0.3, -0.25) is 4.79 Å². The molecule has 22 heavy (non-hydrogen) atoms. The Bertz CT molecular complexity index is 690. The van der Waals surface area contributed by atoms with Crippen molar-refractivity contribution >= 4 is 17.2 Å². The van der Waals surface area contributed by atoms with Crippen LogP contribution in [0.15, 0.2) is 4.52 Å². The molecule has 6 heteroatoms. The number of carbonyl (C=O) groups excluding carboxylic acids is 1. The van der Waals surface area contributed by atoms with Gasteiger partial charge in [0.15, 0.2) is 0 Å². The highest BCUT2D eigenvalue weighted by molar-refractivity contribution is 7.11. The lowest BCUT2D eigenvalue weighted by Crippen LogP contribution is -2.30. The summed E-state index contributed by atoms with van der Waals surface area (Å²) in [4.78, 5) is 18.5. The minimum atomic E-state index is -0.0883. The van der Waals surface area contributed by atoms with Crippen molar-refractivity contribution < 1.29 is 9.32 Å². The largest absolute Gasteiger partial charge is 0.360 e. The maximum absolute atomic E-state index is 12.4. The Kier molecular flexibility index (Phi) is 4.29. The number of carbonyl (C=O) groups is 1. The molecule has 2 heterocycles. The van der Waals surface area contributed by atoms with Crippen LogP contribution in [0.5, 0.6) is 0 Å². The van der Waals surface area contributed by atoms with Crippen LogP contribution < -0.4 is 5.32 Å². The first-order valence-electron chi connectivity index (χ1n) is 7.79. The molecule has 0 radical (unpaired) electrons. The SMILES string of the molecule is CCc1onc(C)c1C(=O)NCC1CCCc2sc(C)nc21. The number of nitrogens with zero attached hydrogens (tertiary/aromatic N) is 2. The average molecular weight is 319 g/mol. The molecule has 2 aromatic rings. The highest BCUT2D eigenvalue weighted by atomic mass is 32.1. The predicted octanol–water partition coefficient (Wildman–Crippen LogP) is 3.16. The van der Waals surface area contributed by atoms with E-state index in [1.54, 1.807) is 18.3 Å². The Hall–Kier alpha value is -1.69. The lowest BCUT2D eigenvalue weighted by molar-refractivity contribution is 0.0947. The van der Waals surface area contributed by atoms with Crippen molar-refractivity contribution in [3.63, 3.8) is 0 Å². The molecule has 5 nitrogen and oxygen atoms in total. The highest BCUT2D eigenvalue weighted by Gasteiger charge is 2.26. The Morgan fingerprint density at radius 3 is 3.05 bits per heavy atom. The van der Waals surface area contributed by atoms with Crippen LogP contribution in [0.2, 0.25) is 0 Å². The van der Waals surface area contributed by atoms with E-state index < -0.39 is 0 Å². The zero-order valence-electron chi connectivity index (χ0n) is 13.2. The molecule has 2 aromatic heterocycles. The average Bonchev–Trinajstić information content (AvgIpc) is 3.06. The number of fused-ring (bicyclic) bond motifs is 1. The summed E-state index contributed by atoms with van der Waals surface area (Å²) in [5.41, 5.74) is 2.43. The number of hydrogen-bond donors (Lipinski definition) is 1. The third-order valence-corrected chi connectivity index (χ3v) is 5.21. The molecular formula is C16H21N3O2S. The van der Waals surface area contributed by atoms with Gasteiger partial charge >= 0.3 is 0 Å². The zero-order valence-corrected chi connectivity index (χ0v) is 14.0. The van der Waals surface area contributed by atoms with Gasteiger partial charge in [-0.05, 0) is 33.1 Å². The van der Waals surface area contributed by atoms with Gasteiger partial charge in [-0.15, -0.1) is 11.3 Å². The number of hydrogen-bond acceptors (Lipinski definition) is 5. The van der Waals surface area contributed by atoms with Gasteiger partial charge in [-0.2, -0.15) is 0 Å². The standard InChI is InChI=1S/C16H21N3O2S/c1-4-12-14(9(2)19-21-12)16(20)17-8-11-6-5-7-13-15(11)18-10(3)22-13/h11H,4-8H2,1-3H3,(H,17,20). The van der Waals surface area contributed by atoms with E-state index >= 15 is 0 Å². The monoisotopic (exact) mass is 319 g/mol. The van der Waals surface area contributed by atoms with E-state index in [1.165, 1.54) is 17.0 Å². The second-order valence-electron chi connectivity index (χ2n) is 5.76. The lowest BCUT2D eigenvalue weighted by atomic mass is 9.91. The van der Waals surface area contributed by atoms with Crippen molar-refractivity contribution in [2.45, 2.75) is 52.4 Å². The van der Waals surface area contributed by atoms with E-state index in [0.717, 1.165) is 17.8 Å². The topological polar surface area (TPSA) is 68.0 Å². The number of amides is 1. The van der Waals surface area contributed by atoms with Crippen molar-refractivity contribution in [1.82, 2.24) is 15.5 Å². The molecule has 1 N–H and O–H groups in total. The second-order valence-corrected chi connectivity index (χ2v) is 7.05. The summed E-state index contributed by atoms with van der Waals surface area (Å²) in [5, 5.41) is 8.06. The third kappa shape index (κ3) is 2.79. The maximum atomic E-state index is 12.4. The third-order valence-electron chi connectivity index (χ3n) is 4.17. The number of thiazole rings is 1. The van der Waals surface area contributed by atoms with Crippen LogP contribution in [-0.2, 0) is 12.8 Å². The first-order chi connectivity index (χ1) is 10.6. The number of aryl methyl sites for hydroxylation is 4. The molecule has 1 aliphatic rings. The van der Waals surface area contributed by atoms with Crippen LogP contribution in [0.25, 0.3) is 0 Å². The van der Waals surface area contributed by atoms with E-state index in [0.29, 0.717) is 35.9 Å². The van der Waals surface area contributed by atoms with E-state index in [4.69, 9.17) is 4.52 Å². The Morgan fingerprint density at radius 1 is 1.45 bits per heavy atom. The van der Waals surface area contributed by atoms with Gasteiger partial charge in [0.2, 0.25) is 0 Å². The molecule has 0 spiro atoms. The first kappa shape index (κ1) is 15.2. The van der Waals surface area contributed by atoms with Gasteiger partial charge in [0, 0.05) is 23.8 Å². The second kappa shape index (κ2) is 6.20. The molecule has 0 bridgehead atoms. The molecular weight excluding hydrogens is 298 g/mol. The van der Waals surface area contributed by atoms with Crippen molar-refractivity contribution in [1.29, 1.82) is 0 Å². The molecule has 118 valence electrons. The molecule has 1 atom stereocenters. The summed E-state index contributed by atoms with van der Waals surface area (Å²) in [5.74, 6) is 0.890. The van der Waals surface area contributed by atoms with Crippen LogP contribution in [-0.4, -0.2) is 22.6 Å². The first-order valence-corrected chi connectivity index (χ1v) is 8.61. The smallest absolute Gasteiger partial charge is 0.256 e. The minimum absolute atomic E-state index is 0.0883. The summed E-state index contributed by atoms with van der Waals surface area (Å²) in [6, 6.07) is 0. The molecule has 1 unspecified atom stereocenters. The lowest BCUT2D eigenvalue weighted by Gasteiger charge is -2.21. The molecule has 1 amide bonds. The molecule has 0 aliphatic heterocycles. The molecule has 0 saturated heterocycles. The summed E-state index contributed by atoms with van der Waals surface area (Å²) < 4.78 is 5.20. The summed E-state index contributed by atoms with van der Waals surface area (Å²) in [6.07, 6.45) is 4.04. The van der Waals surface area contributed by atoms with E-state index in [2.05, 4.69) is 15.5 Å². The van der Waals surface area contributed by atoms with Gasteiger partial charge in [0.05, 0.1) is 16.4 Å². The maximum Gasteiger partial charge on any atom is 0.256 e. The predicted molar refractivity (Wildman–Crippen MR) is 85.5 cm³/mol. The summed E-state index contributed by atoms with van der Waals surface area (Å²) >= 11 is 1.79. The fourth-order valence-electron chi connectivity index (χ4n) is 3.08. The van der Waals surface area contributed by atoms with Gasteiger partial charge in [-0.1, -0.05) is 12.1 Å². The van der Waals surface area contributed by atoms with Crippen molar-refractivity contribution in [2.75, 3.05) is 6.54 Å². The van der Waals surface area contributed by atoms with E-state index in [-0.39, 0.29) is 5.91 Å². The van der Waals surface area contributed by atoms with E-state index in [9.17, 15) is 4.79 Å². The fraction of sp³-hybridized carbons (Fsp3) is 0.562. The van der Waals surface area contributed by atoms with Crippen molar-refractivity contribution in [3.8, 4) is 0 Å². The molecule has 3 rings (SSSR count). The molecule has 1 aliphatic carbocycles. The normalized spacial score (nSPS) is 17.3. The van der Waals surface area contributed by atoms with Crippen LogP contribution in [0.4, 0.5) is 0 Å². The highest BCUT2D eigenvalue weighted by Crippen LogP contribution is 2.34. The Balaban J connectivity index is 1.70. The van der Waals surface area contributed by atoms with Crippen LogP contribution in [0, 0.1) is 13.8 Å². The van der Waals surface area contributed by atoms with Gasteiger partial charge < -0.3 is 9.84 Å². The summed E-state index contributed by atoms with van der Waals surface area (Å²) in [6.45, 7) is 6.44. The zero-order chi connectivity index (χ0) is 15.7. The van der Waals surface area contributed by atoms with Crippen LogP contribution in [0.1, 0.15) is 63.1 Å². The quantitative estimate of drug-likeness (QED) is 0.940. The van der Waals surface area contributed by atoms with E-state index in [1.807, 2.05) is 13.8 Å². The number of rotatable bonds is 4. The Morgan fingerprint density at radius 2 is 2.27 bits per heavy atom. The minimum Gasteiger partial charge on any atom is -0.360 e. The Labute approximate surface area is 134 Å². The van der Waals surface area contributed by atoms with Gasteiger partial charge in [-0.25, -0.2) is 4.98 Å². The molecule has 0 saturated carbocycles. The van der Waals surface area contributed by atoms with Crippen LogP contribution >= 0.6 is 11.3 Å². The van der Waals surface area contributed by atoms with Gasteiger partial charge in [0.1, 0.15) is 11.3 Å². The van der Waals surface area contributed by atoms with Crippen molar-refractivity contribution in [2.24, 2.45) is 0 Å². The van der Waals surface area contributed by atoms with Gasteiger partial charge in [0.25, 0.3) is 5.91 Å². The fourth-order valence-corrected chi connectivity index (χ4v) is 4.14. The number of aromatic nitrogens is 2. The molecule has 0 aromatic carbocycles. The van der Waals surface area contributed by atoms with Crippen LogP contribution in [0.3, 0.4) is 0 Å². The number of nitrogens with one attached hydrogen (secondary N) is 1.